The second kappa shape index (κ2) is 8.47. The van der Waals surface area contributed by atoms with Crippen LogP contribution in [0.4, 0.5) is 0 Å². The fraction of sp³-hybridized carbons (Fsp3) is 0.471. The van der Waals surface area contributed by atoms with Gasteiger partial charge in [0.05, 0.1) is 0 Å². The summed E-state index contributed by atoms with van der Waals surface area (Å²) in [5.41, 5.74) is 0. The van der Waals surface area contributed by atoms with Crippen LogP contribution in [0.15, 0.2) is 42.7 Å². The van der Waals surface area contributed by atoms with Gasteiger partial charge in [-0.2, -0.15) is 0 Å². The van der Waals surface area contributed by atoms with Gasteiger partial charge in [-0.05, 0) is 31.5 Å². The lowest BCUT2D eigenvalue weighted by atomic mass is 10.2. The predicted octanol–water partition coefficient (Wildman–Crippen LogP) is 3.41. The zero-order chi connectivity index (χ0) is 14.9. The third-order valence-electron chi connectivity index (χ3n) is 3.32. The fourth-order valence-corrected chi connectivity index (χ4v) is 2.30. The van der Waals surface area contributed by atoms with Crippen molar-refractivity contribution in [2.24, 2.45) is 0 Å². The highest BCUT2D eigenvalue weighted by atomic mass is 16.5. The Kier molecular flexibility index (Phi) is 6.28. The van der Waals surface area contributed by atoms with Crippen LogP contribution in [0.25, 0.3) is 0 Å². The summed E-state index contributed by atoms with van der Waals surface area (Å²) in [5.74, 6) is 1.95. The molecule has 21 heavy (non-hydrogen) atoms. The zero-order valence-corrected chi connectivity index (χ0v) is 13.0. The van der Waals surface area contributed by atoms with Gasteiger partial charge < -0.3 is 14.6 Å². The molecule has 4 heteroatoms. The van der Waals surface area contributed by atoms with Crippen LogP contribution in [0.3, 0.4) is 0 Å². The number of nitrogens with zero attached hydrogens (tertiary/aromatic N) is 2. The van der Waals surface area contributed by atoms with Crippen LogP contribution in [-0.4, -0.2) is 22.7 Å². The molecule has 0 fully saturated rings. The molecule has 0 aliphatic carbocycles. The third kappa shape index (κ3) is 4.60. The lowest BCUT2D eigenvalue weighted by Gasteiger charge is -2.20. The molecule has 1 aromatic carbocycles. The molecule has 114 valence electrons. The SMILES string of the molecule is CCCNC(COc1ccccc1)c1nccn1CCC. The Hall–Kier alpha value is -1.81. The number of aryl methyl sites for hydroxylation is 1. The van der Waals surface area contributed by atoms with Crippen molar-refractivity contribution in [3.8, 4) is 5.75 Å². The molecule has 2 rings (SSSR count). The summed E-state index contributed by atoms with van der Waals surface area (Å²) in [6.07, 6.45) is 6.11. The van der Waals surface area contributed by atoms with E-state index in [2.05, 4.69) is 28.7 Å². The molecule has 0 amide bonds. The Morgan fingerprint density at radius 2 is 2.00 bits per heavy atom. The normalized spacial score (nSPS) is 12.3. The highest BCUT2D eigenvalue weighted by Crippen LogP contribution is 2.15. The van der Waals surface area contributed by atoms with Crippen LogP contribution in [-0.2, 0) is 6.54 Å². The summed E-state index contributed by atoms with van der Waals surface area (Å²) in [6, 6.07) is 10.0. The van der Waals surface area contributed by atoms with Crippen molar-refractivity contribution in [3.05, 3.63) is 48.5 Å². The van der Waals surface area contributed by atoms with Crippen molar-refractivity contribution in [1.29, 1.82) is 0 Å². The second-order valence-electron chi connectivity index (χ2n) is 5.11. The molecule has 0 radical (unpaired) electrons. The topological polar surface area (TPSA) is 39.1 Å². The minimum Gasteiger partial charge on any atom is -0.491 e. The van der Waals surface area contributed by atoms with Crippen LogP contribution in [0.1, 0.15) is 38.6 Å². The van der Waals surface area contributed by atoms with E-state index in [4.69, 9.17) is 4.74 Å². The molecule has 0 saturated carbocycles. The molecule has 1 aromatic heterocycles. The maximum atomic E-state index is 5.91. The molecule has 1 atom stereocenters. The minimum absolute atomic E-state index is 0.117. The van der Waals surface area contributed by atoms with Crippen molar-refractivity contribution in [3.63, 3.8) is 0 Å². The molecule has 0 aliphatic rings. The van der Waals surface area contributed by atoms with E-state index in [1.807, 2.05) is 42.7 Å². The quantitative estimate of drug-likeness (QED) is 0.768. The summed E-state index contributed by atoms with van der Waals surface area (Å²) in [7, 11) is 0. The monoisotopic (exact) mass is 287 g/mol. The van der Waals surface area contributed by atoms with Gasteiger partial charge in [0.25, 0.3) is 0 Å². The van der Waals surface area contributed by atoms with E-state index in [-0.39, 0.29) is 6.04 Å². The minimum atomic E-state index is 0.117. The molecular formula is C17H25N3O. The molecule has 0 bridgehead atoms. The summed E-state index contributed by atoms with van der Waals surface area (Å²) < 4.78 is 8.12. The van der Waals surface area contributed by atoms with Crippen molar-refractivity contribution in [2.75, 3.05) is 13.2 Å². The number of imidazole rings is 1. The average molecular weight is 287 g/mol. The Balaban J connectivity index is 2.04. The Labute approximate surface area is 127 Å². The van der Waals surface area contributed by atoms with Gasteiger partial charge in [0.1, 0.15) is 24.2 Å². The molecule has 4 nitrogen and oxygen atoms in total. The maximum absolute atomic E-state index is 5.91. The van der Waals surface area contributed by atoms with Crippen molar-refractivity contribution < 1.29 is 4.74 Å². The first-order valence-electron chi connectivity index (χ1n) is 7.77. The van der Waals surface area contributed by atoms with Gasteiger partial charge in [-0.15, -0.1) is 0 Å². The van der Waals surface area contributed by atoms with E-state index in [0.717, 1.165) is 37.5 Å². The number of aromatic nitrogens is 2. The lowest BCUT2D eigenvalue weighted by Crippen LogP contribution is -2.30. The van der Waals surface area contributed by atoms with E-state index >= 15 is 0 Å². The highest BCUT2D eigenvalue weighted by Gasteiger charge is 2.17. The lowest BCUT2D eigenvalue weighted by molar-refractivity contribution is 0.257. The van der Waals surface area contributed by atoms with Gasteiger partial charge in [-0.1, -0.05) is 32.0 Å². The average Bonchev–Trinajstić information content (AvgIpc) is 2.97. The summed E-state index contributed by atoms with van der Waals surface area (Å²) in [5, 5.41) is 3.53. The number of hydrogen-bond acceptors (Lipinski definition) is 3. The van der Waals surface area contributed by atoms with Gasteiger partial charge in [0, 0.05) is 18.9 Å². The standard InChI is InChI=1S/C17H25N3O/c1-3-10-18-16(14-21-15-8-6-5-7-9-15)17-19-11-13-20(17)12-4-2/h5-9,11,13,16,18H,3-4,10,12,14H2,1-2H3. The number of nitrogens with one attached hydrogen (secondary N) is 1. The zero-order valence-electron chi connectivity index (χ0n) is 13.0. The van der Waals surface area contributed by atoms with Gasteiger partial charge in [0.15, 0.2) is 0 Å². The fourth-order valence-electron chi connectivity index (χ4n) is 2.30. The first kappa shape index (κ1) is 15.6. The molecule has 0 aliphatic heterocycles. The number of hydrogen-bond donors (Lipinski definition) is 1. The Morgan fingerprint density at radius 1 is 1.19 bits per heavy atom. The molecule has 1 heterocycles. The van der Waals surface area contributed by atoms with Crippen LogP contribution in [0.2, 0.25) is 0 Å². The first-order valence-corrected chi connectivity index (χ1v) is 7.77. The summed E-state index contributed by atoms with van der Waals surface area (Å²) in [6.45, 7) is 6.89. The number of para-hydroxylation sites is 1. The maximum Gasteiger partial charge on any atom is 0.129 e. The van der Waals surface area contributed by atoms with E-state index in [1.54, 1.807) is 0 Å². The van der Waals surface area contributed by atoms with Crippen LogP contribution < -0.4 is 10.1 Å². The Bertz CT molecular complexity index is 510. The largest absolute Gasteiger partial charge is 0.491 e. The van der Waals surface area contributed by atoms with Crippen molar-refractivity contribution in [2.45, 2.75) is 39.3 Å². The number of rotatable bonds is 9. The molecular weight excluding hydrogens is 262 g/mol. The van der Waals surface area contributed by atoms with Crippen LogP contribution in [0.5, 0.6) is 5.75 Å². The molecule has 0 spiro atoms. The molecule has 1 unspecified atom stereocenters. The van der Waals surface area contributed by atoms with Gasteiger partial charge in [-0.3, -0.25) is 0 Å². The van der Waals surface area contributed by atoms with Gasteiger partial charge in [0.2, 0.25) is 0 Å². The number of ether oxygens (including phenoxy) is 1. The highest BCUT2D eigenvalue weighted by molar-refractivity contribution is 5.21. The number of benzene rings is 1. The smallest absolute Gasteiger partial charge is 0.129 e. The Morgan fingerprint density at radius 3 is 2.71 bits per heavy atom. The van der Waals surface area contributed by atoms with E-state index in [1.165, 1.54) is 0 Å². The molecule has 1 N–H and O–H groups in total. The first-order chi connectivity index (χ1) is 10.3. The summed E-state index contributed by atoms with van der Waals surface area (Å²) >= 11 is 0. The van der Waals surface area contributed by atoms with Crippen molar-refractivity contribution in [1.82, 2.24) is 14.9 Å². The van der Waals surface area contributed by atoms with Gasteiger partial charge >= 0.3 is 0 Å². The second-order valence-corrected chi connectivity index (χ2v) is 5.11. The molecule has 2 aromatic rings. The van der Waals surface area contributed by atoms with Gasteiger partial charge in [-0.25, -0.2) is 4.98 Å². The van der Waals surface area contributed by atoms with Crippen LogP contribution >= 0.6 is 0 Å². The van der Waals surface area contributed by atoms with Crippen LogP contribution in [0, 0.1) is 0 Å². The van der Waals surface area contributed by atoms with E-state index in [0.29, 0.717) is 6.61 Å². The third-order valence-corrected chi connectivity index (χ3v) is 3.32. The van der Waals surface area contributed by atoms with Crippen molar-refractivity contribution >= 4 is 0 Å². The van der Waals surface area contributed by atoms with E-state index < -0.39 is 0 Å². The summed E-state index contributed by atoms with van der Waals surface area (Å²) in [4.78, 5) is 4.52. The van der Waals surface area contributed by atoms with E-state index in [9.17, 15) is 0 Å². The molecule has 0 saturated heterocycles. The predicted molar refractivity (Wildman–Crippen MR) is 85.5 cm³/mol.